The first kappa shape index (κ1) is 22.8. The first-order valence-corrected chi connectivity index (χ1v) is 11.6. The van der Waals surface area contributed by atoms with Crippen molar-refractivity contribution in [3.05, 3.63) is 75.9 Å². The zero-order valence-electron chi connectivity index (χ0n) is 17.9. The zero-order chi connectivity index (χ0) is 23.4. The van der Waals surface area contributed by atoms with Gasteiger partial charge in [-0.3, -0.25) is 9.59 Å². The molecule has 2 heterocycles. The molecule has 4 amide bonds. The molecular formula is C24H22ClN3O4S. The lowest BCUT2D eigenvalue weighted by atomic mass is 10.1. The molecule has 0 spiro atoms. The van der Waals surface area contributed by atoms with Gasteiger partial charge in [-0.1, -0.05) is 23.7 Å². The fourth-order valence-electron chi connectivity index (χ4n) is 3.69. The predicted molar refractivity (Wildman–Crippen MR) is 129 cm³/mol. The summed E-state index contributed by atoms with van der Waals surface area (Å²) in [5.41, 5.74) is 0.964. The maximum Gasteiger partial charge on any atom is 0.332 e. The molecule has 4 rings (SSSR count). The van der Waals surface area contributed by atoms with Gasteiger partial charge in [0.1, 0.15) is 11.8 Å². The molecule has 9 heteroatoms. The Morgan fingerprint density at radius 1 is 1.12 bits per heavy atom. The van der Waals surface area contributed by atoms with Gasteiger partial charge in [0.2, 0.25) is 5.91 Å². The lowest BCUT2D eigenvalue weighted by molar-refractivity contribution is -0.124. The van der Waals surface area contributed by atoms with Crippen molar-refractivity contribution in [1.29, 1.82) is 0 Å². The molecule has 0 saturated carbocycles. The number of ether oxygens (including phenoxy) is 1. The van der Waals surface area contributed by atoms with Crippen LogP contribution in [0.3, 0.4) is 0 Å². The van der Waals surface area contributed by atoms with Crippen LogP contribution in [0.2, 0.25) is 5.02 Å². The lowest BCUT2D eigenvalue weighted by Crippen LogP contribution is -2.39. The molecule has 0 bridgehead atoms. The summed E-state index contributed by atoms with van der Waals surface area (Å²) < 4.78 is 5.13. The van der Waals surface area contributed by atoms with Gasteiger partial charge in [-0.05, 0) is 60.3 Å². The monoisotopic (exact) mass is 483 g/mol. The van der Waals surface area contributed by atoms with Gasteiger partial charge in [0, 0.05) is 22.1 Å². The Morgan fingerprint density at radius 3 is 2.58 bits per heavy atom. The number of rotatable bonds is 8. The van der Waals surface area contributed by atoms with Crippen LogP contribution in [0.4, 0.5) is 16.2 Å². The molecule has 1 N–H and O–H groups in total. The molecule has 1 fully saturated rings. The van der Waals surface area contributed by atoms with Crippen molar-refractivity contribution in [2.75, 3.05) is 23.9 Å². The van der Waals surface area contributed by atoms with Crippen molar-refractivity contribution in [3.63, 3.8) is 0 Å². The Balaban J connectivity index is 1.54. The first-order valence-electron chi connectivity index (χ1n) is 10.3. The van der Waals surface area contributed by atoms with E-state index in [-0.39, 0.29) is 12.3 Å². The van der Waals surface area contributed by atoms with E-state index < -0.39 is 18.0 Å². The number of halogens is 1. The normalized spacial score (nSPS) is 15.8. The number of urea groups is 1. The van der Waals surface area contributed by atoms with Gasteiger partial charge < -0.3 is 15.0 Å². The highest BCUT2D eigenvalue weighted by molar-refractivity contribution is 7.09. The van der Waals surface area contributed by atoms with Crippen molar-refractivity contribution in [1.82, 2.24) is 4.90 Å². The van der Waals surface area contributed by atoms with Crippen LogP contribution in [0.15, 0.2) is 66.0 Å². The molecule has 1 aliphatic heterocycles. The van der Waals surface area contributed by atoms with Crippen LogP contribution in [0.1, 0.15) is 11.3 Å². The maximum atomic E-state index is 13.3. The Hall–Kier alpha value is -3.36. The van der Waals surface area contributed by atoms with Crippen molar-refractivity contribution < 1.29 is 19.1 Å². The minimum atomic E-state index is -0.908. The molecule has 1 saturated heterocycles. The highest BCUT2D eigenvalue weighted by Crippen LogP contribution is 2.29. The van der Waals surface area contributed by atoms with Crippen LogP contribution in [0, 0.1) is 0 Å². The second kappa shape index (κ2) is 10.1. The van der Waals surface area contributed by atoms with E-state index in [0.29, 0.717) is 35.1 Å². The molecule has 1 aliphatic rings. The van der Waals surface area contributed by atoms with E-state index in [0.717, 1.165) is 9.78 Å². The Morgan fingerprint density at radius 2 is 1.91 bits per heavy atom. The van der Waals surface area contributed by atoms with Crippen molar-refractivity contribution in [3.8, 4) is 5.75 Å². The number of nitrogens with zero attached hydrogens (tertiary/aromatic N) is 2. The number of imide groups is 1. The molecule has 0 unspecified atom stereocenters. The standard InChI is InChI=1S/C24H22ClN3O4S/c1-32-19-9-7-17(8-10-19)26-22(29)15-21-23(30)28(18-5-2-4-16(25)14-18)24(31)27(21)12-11-20-6-3-13-33-20/h2-10,13-14,21H,11-12,15H2,1H3,(H,26,29)/t21-/m0/s1. The Labute approximate surface area is 200 Å². The van der Waals surface area contributed by atoms with E-state index in [1.807, 2.05) is 17.5 Å². The summed E-state index contributed by atoms with van der Waals surface area (Å²) in [6.07, 6.45) is 0.439. The lowest BCUT2D eigenvalue weighted by Gasteiger charge is -2.21. The van der Waals surface area contributed by atoms with E-state index >= 15 is 0 Å². The van der Waals surface area contributed by atoms with Gasteiger partial charge in [-0.15, -0.1) is 11.3 Å². The van der Waals surface area contributed by atoms with Crippen LogP contribution < -0.4 is 15.0 Å². The van der Waals surface area contributed by atoms with Gasteiger partial charge in [0.05, 0.1) is 19.2 Å². The second-order valence-corrected chi connectivity index (χ2v) is 8.92. The van der Waals surface area contributed by atoms with Gasteiger partial charge in [0.25, 0.3) is 5.91 Å². The van der Waals surface area contributed by atoms with E-state index in [1.54, 1.807) is 67.0 Å². The molecule has 170 valence electrons. The molecule has 2 aromatic carbocycles. The number of thiophene rings is 1. The average molecular weight is 484 g/mol. The molecule has 3 aromatic rings. The molecular weight excluding hydrogens is 462 g/mol. The molecule has 0 aliphatic carbocycles. The topological polar surface area (TPSA) is 79.0 Å². The minimum Gasteiger partial charge on any atom is -0.497 e. The number of hydrogen-bond donors (Lipinski definition) is 1. The van der Waals surface area contributed by atoms with Crippen molar-refractivity contribution in [2.24, 2.45) is 0 Å². The molecule has 1 aromatic heterocycles. The molecule has 7 nitrogen and oxygen atoms in total. The largest absolute Gasteiger partial charge is 0.497 e. The van der Waals surface area contributed by atoms with Crippen LogP contribution >= 0.6 is 22.9 Å². The number of hydrogen-bond acceptors (Lipinski definition) is 5. The molecule has 33 heavy (non-hydrogen) atoms. The number of methoxy groups -OCH3 is 1. The smallest absolute Gasteiger partial charge is 0.332 e. The third kappa shape index (κ3) is 5.18. The van der Waals surface area contributed by atoms with Gasteiger partial charge in [-0.2, -0.15) is 0 Å². The number of amides is 4. The third-order valence-corrected chi connectivity index (χ3v) is 6.49. The van der Waals surface area contributed by atoms with E-state index in [4.69, 9.17) is 16.3 Å². The van der Waals surface area contributed by atoms with E-state index in [9.17, 15) is 14.4 Å². The van der Waals surface area contributed by atoms with Gasteiger partial charge in [0.15, 0.2) is 0 Å². The van der Waals surface area contributed by atoms with Gasteiger partial charge >= 0.3 is 6.03 Å². The fourth-order valence-corrected chi connectivity index (χ4v) is 4.57. The minimum absolute atomic E-state index is 0.155. The van der Waals surface area contributed by atoms with Crippen molar-refractivity contribution in [2.45, 2.75) is 18.9 Å². The number of nitrogens with one attached hydrogen (secondary N) is 1. The van der Waals surface area contributed by atoms with Crippen molar-refractivity contribution >= 4 is 52.2 Å². The second-order valence-electron chi connectivity index (χ2n) is 7.46. The van der Waals surface area contributed by atoms with Gasteiger partial charge in [-0.25, -0.2) is 9.69 Å². The number of benzene rings is 2. The van der Waals surface area contributed by atoms with Crippen LogP contribution in [-0.4, -0.2) is 42.4 Å². The van der Waals surface area contributed by atoms with Crippen LogP contribution in [0.25, 0.3) is 0 Å². The Kier molecular flexibility index (Phi) is 6.96. The fraction of sp³-hybridized carbons (Fsp3) is 0.208. The summed E-state index contributed by atoms with van der Waals surface area (Å²) in [6.45, 7) is 0.322. The highest BCUT2D eigenvalue weighted by atomic mass is 35.5. The van der Waals surface area contributed by atoms with E-state index in [1.165, 1.54) is 4.90 Å². The summed E-state index contributed by atoms with van der Waals surface area (Å²) in [7, 11) is 1.56. The maximum absolute atomic E-state index is 13.3. The molecule has 0 radical (unpaired) electrons. The Bertz CT molecular complexity index is 1150. The first-order chi connectivity index (χ1) is 16.0. The summed E-state index contributed by atoms with van der Waals surface area (Å²) in [4.78, 5) is 43.0. The zero-order valence-corrected chi connectivity index (χ0v) is 19.4. The summed E-state index contributed by atoms with van der Waals surface area (Å²) >= 11 is 7.67. The molecule has 1 atom stereocenters. The summed E-state index contributed by atoms with van der Waals surface area (Å²) in [5.74, 6) is -0.139. The summed E-state index contributed by atoms with van der Waals surface area (Å²) in [5, 5.41) is 5.17. The highest BCUT2D eigenvalue weighted by Gasteiger charge is 2.46. The van der Waals surface area contributed by atoms with E-state index in [2.05, 4.69) is 5.32 Å². The van der Waals surface area contributed by atoms with Crippen LogP contribution in [0.5, 0.6) is 5.75 Å². The number of carbonyl (C=O) groups is 3. The predicted octanol–water partition coefficient (Wildman–Crippen LogP) is 4.82. The third-order valence-electron chi connectivity index (χ3n) is 5.32. The summed E-state index contributed by atoms with van der Waals surface area (Å²) in [6, 6.07) is 16.0. The SMILES string of the molecule is COc1ccc(NC(=O)C[C@H]2C(=O)N(c3cccc(Cl)c3)C(=O)N2CCc2cccs2)cc1. The van der Waals surface area contributed by atoms with Crippen LogP contribution in [-0.2, 0) is 16.0 Å². The number of anilines is 2. The average Bonchev–Trinajstić information content (AvgIpc) is 3.40. The number of carbonyl (C=O) groups excluding carboxylic acids is 3. The quantitative estimate of drug-likeness (QED) is 0.466.